The van der Waals surface area contributed by atoms with Crippen LogP contribution in [-0.2, 0) is 10.0 Å². The van der Waals surface area contributed by atoms with Crippen molar-refractivity contribution in [2.75, 3.05) is 51.3 Å². The number of hydrogen-bond acceptors (Lipinski definition) is 5. The van der Waals surface area contributed by atoms with Crippen molar-refractivity contribution in [1.29, 1.82) is 0 Å². The fourth-order valence-electron chi connectivity index (χ4n) is 3.29. The van der Waals surface area contributed by atoms with Gasteiger partial charge < -0.3 is 9.64 Å². The molecule has 0 amide bonds. The van der Waals surface area contributed by atoms with Crippen molar-refractivity contribution in [3.63, 3.8) is 0 Å². The van der Waals surface area contributed by atoms with Gasteiger partial charge in [0.05, 0.1) is 17.0 Å². The third-order valence-electron chi connectivity index (χ3n) is 4.94. The Kier molecular flexibility index (Phi) is 7.65. The summed E-state index contributed by atoms with van der Waals surface area (Å²) in [5.41, 5.74) is 1.18. The third kappa shape index (κ3) is 5.99. The first kappa shape index (κ1) is 22.2. The SMILES string of the molecule is COc1ccc(S(=O)(=O)NCCCN2CCN(c3ccc(Cl)cc3)CC2)cc1Cl. The number of sulfonamides is 1. The minimum Gasteiger partial charge on any atom is -0.495 e. The van der Waals surface area contributed by atoms with E-state index in [1.165, 1.54) is 24.9 Å². The van der Waals surface area contributed by atoms with Gasteiger partial charge in [-0.3, -0.25) is 4.90 Å². The van der Waals surface area contributed by atoms with E-state index in [1.54, 1.807) is 6.07 Å². The van der Waals surface area contributed by atoms with Crippen molar-refractivity contribution in [2.24, 2.45) is 0 Å². The minimum absolute atomic E-state index is 0.139. The highest BCUT2D eigenvalue weighted by Gasteiger charge is 2.18. The van der Waals surface area contributed by atoms with E-state index in [-0.39, 0.29) is 9.92 Å². The molecule has 1 heterocycles. The van der Waals surface area contributed by atoms with Crippen LogP contribution in [0.5, 0.6) is 5.75 Å². The van der Waals surface area contributed by atoms with Crippen molar-refractivity contribution < 1.29 is 13.2 Å². The number of halogens is 2. The molecule has 0 unspecified atom stereocenters. The maximum Gasteiger partial charge on any atom is 0.240 e. The van der Waals surface area contributed by atoms with Gasteiger partial charge in [-0.2, -0.15) is 0 Å². The van der Waals surface area contributed by atoms with Gasteiger partial charge in [-0.15, -0.1) is 0 Å². The van der Waals surface area contributed by atoms with Gasteiger partial charge in [0.2, 0.25) is 10.0 Å². The summed E-state index contributed by atoms with van der Waals surface area (Å²) >= 11 is 12.0. The molecule has 158 valence electrons. The molecule has 0 aromatic heterocycles. The Morgan fingerprint density at radius 2 is 1.72 bits per heavy atom. The number of hydrogen-bond donors (Lipinski definition) is 1. The molecule has 6 nitrogen and oxygen atoms in total. The predicted molar refractivity (Wildman–Crippen MR) is 118 cm³/mol. The highest BCUT2D eigenvalue weighted by Crippen LogP contribution is 2.26. The van der Waals surface area contributed by atoms with Gasteiger partial charge in [0.25, 0.3) is 0 Å². The van der Waals surface area contributed by atoms with E-state index in [0.717, 1.165) is 44.2 Å². The molecule has 1 aliphatic heterocycles. The van der Waals surface area contributed by atoms with Crippen molar-refractivity contribution in [3.05, 3.63) is 52.5 Å². The number of benzene rings is 2. The smallest absolute Gasteiger partial charge is 0.240 e. The van der Waals surface area contributed by atoms with Crippen LogP contribution in [0.2, 0.25) is 10.0 Å². The molecule has 1 saturated heterocycles. The number of rotatable bonds is 8. The molecule has 29 heavy (non-hydrogen) atoms. The predicted octanol–water partition coefficient (Wildman–Crippen LogP) is 3.49. The standard InChI is InChI=1S/C20H25Cl2N3O3S/c1-28-20-8-7-18(15-19(20)22)29(26,27)23-9-2-10-24-11-13-25(14-12-24)17-5-3-16(21)4-6-17/h3-8,15,23H,2,9-14H2,1H3. The lowest BCUT2D eigenvalue weighted by molar-refractivity contribution is 0.255. The van der Waals surface area contributed by atoms with E-state index >= 15 is 0 Å². The Morgan fingerprint density at radius 3 is 2.34 bits per heavy atom. The summed E-state index contributed by atoms with van der Waals surface area (Å²) in [7, 11) is -2.10. The van der Waals surface area contributed by atoms with Crippen LogP contribution in [-0.4, -0.2) is 59.7 Å². The molecular formula is C20H25Cl2N3O3S. The second-order valence-electron chi connectivity index (χ2n) is 6.85. The second kappa shape index (κ2) is 10.00. The average molecular weight is 458 g/mol. The first-order valence-corrected chi connectivity index (χ1v) is 11.7. The van der Waals surface area contributed by atoms with Gasteiger partial charge in [-0.05, 0) is 55.4 Å². The van der Waals surface area contributed by atoms with E-state index in [2.05, 4.69) is 14.5 Å². The summed E-state index contributed by atoms with van der Waals surface area (Å²) < 4.78 is 32.5. The van der Waals surface area contributed by atoms with Crippen molar-refractivity contribution >= 4 is 38.9 Å². The van der Waals surface area contributed by atoms with Crippen LogP contribution < -0.4 is 14.4 Å². The monoisotopic (exact) mass is 457 g/mol. The Balaban J connectivity index is 1.41. The quantitative estimate of drug-likeness (QED) is 0.614. The van der Waals surface area contributed by atoms with E-state index < -0.39 is 10.0 Å². The maximum atomic E-state index is 12.4. The van der Waals surface area contributed by atoms with Gasteiger partial charge >= 0.3 is 0 Å². The highest BCUT2D eigenvalue weighted by atomic mass is 35.5. The lowest BCUT2D eigenvalue weighted by atomic mass is 10.2. The molecule has 0 spiro atoms. The third-order valence-corrected chi connectivity index (χ3v) is 6.95. The molecule has 9 heteroatoms. The van der Waals surface area contributed by atoms with Crippen LogP contribution in [0.1, 0.15) is 6.42 Å². The van der Waals surface area contributed by atoms with E-state index in [0.29, 0.717) is 12.3 Å². The summed E-state index contributed by atoms with van der Waals surface area (Å²) in [6, 6.07) is 12.3. The van der Waals surface area contributed by atoms with Gasteiger partial charge in [-0.25, -0.2) is 13.1 Å². The molecule has 0 aliphatic carbocycles. The molecule has 0 radical (unpaired) electrons. The number of nitrogens with one attached hydrogen (secondary N) is 1. The molecule has 2 aromatic carbocycles. The van der Waals surface area contributed by atoms with Crippen LogP contribution in [0.15, 0.2) is 47.4 Å². The van der Waals surface area contributed by atoms with Gasteiger partial charge in [-0.1, -0.05) is 23.2 Å². The van der Waals surface area contributed by atoms with Crippen LogP contribution >= 0.6 is 23.2 Å². The van der Waals surface area contributed by atoms with Gasteiger partial charge in [0.1, 0.15) is 5.75 Å². The fourth-order valence-corrected chi connectivity index (χ4v) is 4.84. The first-order chi connectivity index (χ1) is 13.9. The number of methoxy groups -OCH3 is 1. The molecule has 2 aromatic rings. The number of anilines is 1. The minimum atomic E-state index is -3.59. The van der Waals surface area contributed by atoms with E-state index in [9.17, 15) is 8.42 Å². The Bertz CT molecular complexity index is 915. The number of piperazine rings is 1. The summed E-state index contributed by atoms with van der Waals surface area (Å²) in [5, 5.41) is 1.01. The van der Waals surface area contributed by atoms with Crippen LogP contribution in [0.4, 0.5) is 5.69 Å². The molecule has 0 atom stereocenters. The van der Waals surface area contributed by atoms with Crippen LogP contribution in [0.25, 0.3) is 0 Å². The summed E-state index contributed by atoms with van der Waals surface area (Å²) in [4.78, 5) is 4.83. The summed E-state index contributed by atoms with van der Waals surface area (Å²) in [5.74, 6) is 0.448. The molecule has 1 N–H and O–H groups in total. The highest BCUT2D eigenvalue weighted by molar-refractivity contribution is 7.89. The van der Waals surface area contributed by atoms with E-state index in [1.807, 2.05) is 24.3 Å². The van der Waals surface area contributed by atoms with Crippen molar-refractivity contribution in [1.82, 2.24) is 9.62 Å². The first-order valence-electron chi connectivity index (χ1n) is 9.45. The Hall–Kier alpha value is -1.51. The van der Waals surface area contributed by atoms with Crippen molar-refractivity contribution in [2.45, 2.75) is 11.3 Å². The lowest BCUT2D eigenvalue weighted by Gasteiger charge is -2.36. The Morgan fingerprint density at radius 1 is 1.03 bits per heavy atom. The molecule has 1 fully saturated rings. The fraction of sp³-hybridized carbons (Fsp3) is 0.400. The molecular weight excluding hydrogens is 433 g/mol. The van der Waals surface area contributed by atoms with E-state index in [4.69, 9.17) is 27.9 Å². The average Bonchev–Trinajstić information content (AvgIpc) is 2.72. The Labute approximate surface area is 182 Å². The maximum absolute atomic E-state index is 12.4. The molecule has 0 saturated carbocycles. The number of nitrogens with zero attached hydrogens (tertiary/aromatic N) is 2. The summed E-state index contributed by atoms with van der Waals surface area (Å²) in [6.07, 6.45) is 0.740. The van der Waals surface area contributed by atoms with Crippen molar-refractivity contribution in [3.8, 4) is 5.75 Å². The number of ether oxygens (including phenoxy) is 1. The zero-order valence-corrected chi connectivity index (χ0v) is 18.6. The zero-order valence-electron chi connectivity index (χ0n) is 16.3. The molecule has 0 bridgehead atoms. The topological polar surface area (TPSA) is 61.9 Å². The lowest BCUT2D eigenvalue weighted by Crippen LogP contribution is -2.47. The molecule has 3 rings (SSSR count). The molecule has 1 aliphatic rings. The van der Waals surface area contributed by atoms with Gasteiger partial charge in [0.15, 0.2) is 0 Å². The largest absolute Gasteiger partial charge is 0.495 e. The summed E-state index contributed by atoms with van der Waals surface area (Å²) in [6.45, 7) is 5.01. The zero-order chi connectivity index (χ0) is 20.9. The normalized spacial score (nSPS) is 15.5. The van der Waals surface area contributed by atoms with Crippen LogP contribution in [0.3, 0.4) is 0 Å². The van der Waals surface area contributed by atoms with Crippen LogP contribution in [0, 0.1) is 0 Å². The van der Waals surface area contributed by atoms with Gasteiger partial charge in [0, 0.05) is 43.4 Å². The second-order valence-corrected chi connectivity index (χ2v) is 9.46.